The zero-order valence-electron chi connectivity index (χ0n) is 14.0. The van der Waals surface area contributed by atoms with Gasteiger partial charge in [0.1, 0.15) is 6.29 Å². The summed E-state index contributed by atoms with van der Waals surface area (Å²) in [6.45, 7) is 5.02. The Morgan fingerprint density at radius 2 is 1.82 bits per heavy atom. The Kier molecular flexibility index (Phi) is 8.91. The largest absolute Gasteiger partial charge is 0.394 e. The molecular weight excluding hydrogens is 286 g/mol. The number of aliphatic hydroxyl groups excluding tert-OH is 1. The topological polar surface area (TPSA) is 142 Å². The van der Waals surface area contributed by atoms with Gasteiger partial charge in [0, 0.05) is 0 Å². The predicted octanol–water partition coefficient (Wildman–Crippen LogP) is -1.97. The fourth-order valence-electron chi connectivity index (χ4n) is 1.88. The number of rotatable bonds is 12. The van der Waals surface area contributed by atoms with Gasteiger partial charge in [0.05, 0.1) is 24.2 Å². The summed E-state index contributed by atoms with van der Waals surface area (Å²) in [5.74, 6) is -0.289. The molecule has 0 saturated carbocycles. The van der Waals surface area contributed by atoms with E-state index in [4.69, 9.17) is 11.5 Å². The van der Waals surface area contributed by atoms with Gasteiger partial charge in [-0.15, -0.1) is 0 Å². The van der Waals surface area contributed by atoms with E-state index in [0.29, 0.717) is 13.0 Å². The standard InChI is InChI=1S/C14H31N5O3/c1-10(21)14(3,9-20)19-8-11(22)13(2,17-4)6-5-7-18-12(15)16/h12,17-20H,5-9,15-16H2,1-4H3. The highest BCUT2D eigenvalue weighted by Crippen LogP contribution is 2.14. The maximum Gasteiger partial charge on any atom is 0.166 e. The van der Waals surface area contributed by atoms with Crippen LogP contribution in [0.3, 0.4) is 0 Å². The van der Waals surface area contributed by atoms with Crippen LogP contribution in [0.1, 0.15) is 33.6 Å². The minimum atomic E-state index is -1.10. The average Bonchev–Trinajstić information content (AvgIpc) is 2.47. The minimum Gasteiger partial charge on any atom is -0.394 e. The van der Waals surface area contributed by atoms with E-state index in [9.17, 15) is 14.7 Å². The number of likely N-dealkylation sites (N-methyl/N-ethyl adjacent to an activating group) is 1. The van der Waals surface area contributed by atoms with Crippen molar-refractivity contribution in [3.05, 3.63) is 0 Å². The summed E-state index contributed by atoms with van der Waals surface area (Å²) in [6, 6.07) is 0. The van der Waals surface area contributed by atoms with Crippen molar-refractivity contribution in [3.8, 4) is 0 Å². The number of carbonyl (C=O) groups is 2. The fraction of sp³-hybridized carbons (Fsp3) is 0.857. The van der Waals surface area contributed by atoms with Crippen LogP contribution in [0.2, 0.25) is 0 Å². The van der Waals surface area contributed by atoms with E-state index >= 15 is 0 Å². The molecule has 0 bridgehead atoms. The summed E-state index contributed by atoms with van der Waals surface area (Å²) in [5, 5.41) is 18.1. The van der Waals surface area contributed by atoms with E-state index in [1.165, 1.54) is 6.92 Å². The van der Waals surface area contributed by atoms with Crippen molar-refractivity contribution in [2.75, 3.05) is 26.7 Å². The van der Waals surface area contributed by atoms with Crippen LogP contribution in [0.4, 0.5) is 0 Å². The quantitative estimate of drug-likeness (QED) is 0.180. The van der Waals surface area contributed by atoms with Gasteiger partial charge in [-0.1, -0.05) is 0 Å². The monoisotopic (exact) mass is 317 g/mol. The molecule has 130 valence electrons. The van der Waals surface area contributed by atoms with Crippen molar-refractivity contribution in [2.45, 2.75) is 51.0 Å². The minimum absolute atomic E-state index is 0.00217. The molecule has 2 unspecified atom stereocenters. The van der Waals surface area contributed by atoms with Gasteiger partial charge >= 0.3 is 0 Å². The lowest BCUT2D eigenvalue weighted by molar-refractivity contribution is -0.127. The van der Waals surface area contributed by atoms with Crippen LogP contribution in [0.5, 0.6) is 0 Å². The zero-order chi connectivity index (χ0) is 17.4. The highest BCUT2D eigenvalue weighted by molar-refractivity contribution is 5.91. The van der Waals surface area contributed by atoms with Crippen LogP contribution in [-0.4, -0.2) is 60.8 Å². The molecule has 8 N–H and O–H groups in total. The molecule has 2 atom stereocenters. The number of aliphatic hydroxyl groups is 1. The maximum atomic E-state index is 12.4. The van der Waals surface area contributed by atoms with Gasteiger partial charge in [-0.3, -0.25) is 20.2 Å². The Hall–Kier alpha value is -0.900. The second kappa shape index (κ2) is 9.29. The van der Waals surface area contributed by atoms with Gasteiger partial charge in [0.2, 0.25) is 0 Å². The first kappa shape index (κ1) is 21.1. The van der Waals surface area contributed by atoms with Crippen molar-refractivity contribution in [1.82, 2.24) is 16.0 Å². The summed E-state index contributed by atoms with van der Waals surface area (Å²) < 4.78 is 0. The van der Waals surface area contributed by atoms with Crippen molar-refractivity contribution < 1.29 is 14.7 Å². The van der Waals surface area contributed by atoms with E-state index in [-0.39, 0.29) is 24.7 Å². The molecule has 0 aromatic heterocycles. The molecule has 0 aliphatic carbocycles. The first-order chi connectivity index (χ1) is 10.1. The van der Waals surface area contributed by atoms with E-state index < -0.39 is 17.4 Å². The molecule has 0 spiro atoms. The highest BCUT2D eigenvalue weighted by Gasteiger charge is 2.34. The molecule has 0 aliphatic heterocycles. The van der Waals surface area contributed by atoms with Crippen molar-refractivity contribution in [2.24, 2.45) is 11.5 Å². The van der Waals surface area contributed by atoms with E-state index in [1.807, 2.05) is 6.92 Å². The number of Topliss-reactive ketones (excluding diaryl/α,β-unsaturated/α-hetero) is 2. The predicted molar refractivity (Wildman–Crippen MR) is 86.0 cm³/mol. The molecule has 0 heterocycles. The molecule has 0 aromatic rings. The van der Waals surface area contributed by atoms with Crippen LogP contribution in [-0.2, 0) is 9.59 Å². The van der Waals surface area contributed by atoms with Crippen molar-refractivity contribution in [3.63, 3.8) is 0 Å². The number of nitrogens with one attached hydrogen (secondary N) is 3. The molecule has 0 fully saturated rings. The Balaban J connectivity index is 4.53. The summed E-state index contributed by atoms with van der Waals surface area (Å²) in [5.41, 5.74) is 8.96. The smallest absolute Gasteiger partial charge is 0.166 e. The first-order valence-corrected chi connectivity index (χ1v) is 7.45. The molecule has 0 aliphatic rings. The number of hydrogen-bond donors (Lipinski definition) is 6. The van der Waals surface area contributed by atoms with Crippen LogP contribution < -0.4 is 27.4 Å². The molecule has 8 heteroatoms. The van der Waals surface area contributed by atoms with Gasteiger partial charge in [0.25, 0.3) is 0 Å². The zero-order valence-corrected chi connectivity index (χ0v) is 14.0. The van der Waals surface area contributed by atoms with Gasteiger partial charge in [0.15, 0.2) is 11.6 Å². The number of ketones is 2. The third kappa shape index (κ3) is 6.47. The van der Waals surface area contributed by atoms with Gasteiger partial charge in [-0.25, -0.2) is 0 Å². The van der Waals surface area contributed by atoms with Crippen LogP contribution in [0.15, 0.2) is 0 Å². The lowest BCUT2D eigenvalue weighted by Crippen LogP contribution is -2.58. The Bertz CT molecular complexity index is 377. The van der Waals surface area contributed by atoms with Gasteiger partial charge in [-0.2, -0.15) is 0 Å². The molecular formula is C14H31N5O3. The average molecular weight is 317 g/mol. The van der Waals surface area contributed by atoms with Gasteiger partial charge < -0.3 is 21.9 Å². The van der Waals surface area contributed by atoms with Crippen LogP contribution >= 0.6 is 0 Å². The normalized spacial score (nSPS) is 17.1. The number of carbonyl (C=O) groups excluding carboxylic acids is 2. The summed E-state index contributed by atoms with van der Waals surface area (Å²) in [6.07, 6.45) is 0.747. The lowest BCUT2D eigenvalue weighted by atomic mass is 9.89. The highest BCUT2D eigenvalue weighted by atomic mass is 16.3. The molecule has 0 radical (unpaired) electrons. The third-order valence-electron chi connectivity index (χ3n) is 4.13. The van der Waals surface area contributed by atoms with Crippen LogP contribution in [0.25, 0.3) is 0 Å². The second-order valence-corrected chi connectivity index (χ2v) is 5.99. The third-order valence-corrected chi connectivity index (χ3v) is 4.13. The SMILES string of the molecule is CNC(C)(CCCNC(N)N)C(=O)CNC(C)(CO)C(C)=O. The van der Waals surface area contributed by atoms with Crippen molar-refractivity contribution >= 4 is 11.6 Å². The maximum absolute atomic E-state index is 12.4. The summed E-state index contributed by atoms with van der Waals surface area (Å²) >= 11 is 0. The molecule has 8 nitrogen and oxygen atoms in total. The molecule has 22 heavy (non-hydrogen) atoms. The summed E-state index contributed by atoms with van der Waals surface area (Å²) in [7, 11) is 1.72. The first-order valence-electron chi connectivity index (χ1n) is 7.45. The second-order valence-electron chi connectivity index (χ2n) is 5.99. The molecule has 0 amide bonds. The van der Waals surface area contributed by atoms with Crippen LogP contribution in [0, 0.1) is 0 Å². The van der Waals surface area contributed by atoms with E-state index in [1.54, 1.807) is 14.0 Å². The Morgan fingerprint density at radius 3 is 2.23 bits per heavy atom. The summed E-state index contributed by atoms with van der Waals surface area (Å²) in [4.78, 5) is 23.9. The molecule has 0 aromatic carbocycles. The Morgan fingerprint density at radius 1 is 1.23 bits per heavy atom. The van der Waals surface area contributed by atoms with Crippen molar-refractivity contribution in [1.29, 1.82) is 0 Å². The lowest BCUT2D eigenvalue weighted by Gasteiger charge is -2.31. The molecule has 0 saturated heterocycles. The van der Waals surface area contributed by atoms with E-state index in [2.05, 4.69) is 16.0 Å². The number of hydrogen-bond acceptors (Lipinski definition) is 8. The van der Waals surface area contributed by atoms with E-state index in [0.717, 1.165) is 6.42 Å². The number of nitrogens with two attached hydrogens (primary N) is 2. The molecule has 0 rings (SSSR count). The Labute approximate surface area is 132 Å². The van der Waals surface area contributed by atoms with Gasteiger partial charge in [-0.05, 0) is 47.2 Å². The fourth-order valence-corrected chi connectivity index (χ4v) is 1.88.